The molecule has 2 nitrogen and oxygen atoms in total. The quantitative estimate of drug-likeness (QED) is 0.884. The number of aliphatic carboxylic acids is 1. The van der Waals surface area contributed by atoms with Gasteiger partial charge < -0.3 is 5.11 Å². The maximum atomic E-state index is 10.5. The average Bonchev–Trinajstić information content (AvgIpc) is 2.42. The van der Waals surface area contributed by atoms with Crippen LogP contribution in [-0.2, 0) is 11.2 Å². The zero-order valence-electron chi connectivity index (χ0n) is 8.30. The molecule has 0 aliphatic carbocycles. The molecule has 1 rings (SSSR count). The Hall–Kier alpha value is -0.0600. The fourth-order valence-corrected chi connectivity index (χ4v) is 3.11. The van der Waals surface area contributed by atoms with Crippen molar-refractivity contribution in [2.24, 2.45) is 5.92 Å². The summed E-state index contributed by atoms with van der Waals surface area (Å²) in [6.45, 7) is 1.96. The van der Waals surface area contributed by atoms with Crippen molar-refractivity contribution in [3.8, 4) is 0 Å². The zero-order valence-corrected chi connectivity index (χ0v) is 11.5. The van der Waals surface area contributed by atoms with Crippen molar-refractivity contribution in [3.05, 3.63) is 19.8 Å². The molecule has 84 valence electrons. The highest BCUT2D eigenvalue weighted by atomic mass is 79.9. The molecule has 0 aliphatic rings. The molecular weight excluding hydrogens is 300 g/mol. The van der Waals surface area contributed by atoms with Gasteiger partial charge in [-0.2, -0.15) is 0 Å². The highest BCUT2D eigenvalue weighted by molar-refractivity contribution is 9.10. The van der Waals surface area contributed by atoms with E-state index in [0.717, 1.165) is 21.7 Å². The van der Waals surface area contributed by atoms with Gasteiger partial charge in [-0.05, 0) is 40.8 Å². The van der Waals surface area contributed by atoms with Gasteiger partial charge >= 0.3 is 5.97 Å². The smallest absolute Gasteiger partial charge is 0.303 e. The Morgan fingerprint density at radius 1 is 1.73 bits per heavy atom. The van der Waals surface area contributed by atoms with Gasteiger partial charge in [0.05, 0.1) is 0 Å². The van der Waals surface area contributed by atoms with Crippen LogP contribution in [0.2, 0.25) is 4.34 Å². The summed E-state index contributed by atoms with van der Waals surface area (Å²) in [7, 11) is 0. The molecule has 1 aromatic heterocycles. The van der Waals surface area contributed by atoms with E-state index in [0.29, 0.717) is 0 Å². The largest absolute Gasteiger partial charge is 0.481 e. The van der Waals surface area contributed by atoms with Crippen LogP contribution >= 0.6 is 38.9 Å². The molecule has 5 heteroatoms. The predicted molar refractivity (Wildman–Crippen MR) is 66.8 cm³/mol. The number of thiophene rings is 1. The summed E-state index contributed by atoms with van der Waals surface area (Å²) in [5.41, 5.74) is 0. The lowest BCUT2D eigenvalue weighted by molar-refractivity contribution is -0.138. The summed E-state index contributed by atoms with van der Waals surface area (Å²) in [4.78, 5) is 11.7. The molecule has 0 bridgehead atoms. The van der Waals surface area contributed by atoms with E-state index in [1.807, 2.05) is 13.0 Å². The van der Waals surface area contributed by atoms with Gasteiger partial charge in [0.25, 0.3) is 0 Å². The number of carboxylic acids is 1. The van der Waals surface area contributed by atoms with Gasteiger partial charge in [-0.1, -0.05) is 18.5 Å². The van der Waals surface area contributed by atoms with Crippen LogP contribution in [0, 0.1) is 5.92 Å². The normalized spacial score (nSPS) is 12.7. The topological polar surface area (TPSA) is 37.3 Å². The summed E-state index contributed by atoms with van der Waals surface area (Å²) < 4.78 is 1.69. The van der Waals surface area contributed by atoms with Crippen LogP contribution in [0.1, 0.15) is 24.6 Å². The third-order valence-electron chi connectivity index (χ3n) is 2.10. The Morgan fingerprint density at radius 3 is 2.87 bits per heavy atom. The summed E-state index contributed by atoms with van der Waals surface area (Å²) in [6, 6.07) is 2.00. The monoisotopic (exact) mass is 310 g/mol. The van der Waals surface area contributed by atoms with Crippen LogP contribution in [0.5, 0.6) is 0 Å². The van der Waals surface area contributed by atoms with E-state index < -0.39 is 5.97 Å². The minimum atomic E-state index is -0.729. The van der Waals surface area contributed by atoms with Crippen molar-refractivity contribution < 1.29 is 9.90 Å². The Bertz CT molecular complexity index is 332. The lowest BCUT2D eigenvalue weighted by Gasteiger charge is -2.06. The Kier molecular flexibility index (Phi) is 5.09. The highest BCUT2D eigenvalue weighted by Crippen LogP contribution is 2.33. The molecule has 0 saturated heterocycles. The van der Waals surface area contributed by atoms with E-state index in [9.17, 15) is 4.79 Å². The molecule has 1 atom stereocenters. The fourth-order valence-electron chi connectivity index (χ4n) is 1.30. The van der Waals surface area contributed by atoms with E-state index in [-0.39, 0.29) is 12.3 Å². The molecule has 1 N–H and O–H groups in total. The third-order valence-corrected chi connectivity index (χ3v) is 4.64. The molecule has 0 aliphatic heterocycles. The van der Waals surface area contributed by atoms with Crippen molar-refractivity contribution >= 4 is 44.8 Å². The van der Waals surface area contributed by atoms with Crippen LogP contribution in [-0.4, -0.2) is 11.1 Å². The van der Waals surface area contributed by atoms with Gasteiger partial charge in [-0.15, -0.1) is 11.3 Å². The van der Waals surface area contributed by atoms with Crippen molar-refractivity contribution in [2.45, 2.75) is 26.2 Å². The Balaban J connectivity index is 2.40. The molecule has 0 aromatic carbocycles. The molecule has 1 unspecified atom stereocenters. The van der Waals surface area contributed by atoms with Crippen LogP contribution in [0.15, 0.2) is 10.5 Å². The van der Waals surface area contributed by atoms with Gasteiger partial charge in [0.2, 0.25) is 0 Å². The highest BCUT2D eigenvalue weighted by Gasteiger charge is 2.10. The molecule has 0 spiro atoms. The van der Waals surface area contributed by atoms with Crippen LogP contribution in [0.4, 0.5) is 0 Å². The molecule has 15 heavy (non-hydrogen) atoms. The standard InChI is InChI=1S/C10H12BrClO2S/c1-6(4-9(13)14)2-3-7-5-8(11)10(12)15-7/h5-6H,2-4H2,1H3,(H,13,14). The lowest BCUT2D eigenvalue weighted by atomic mass is 10.0. The van der Waals surface area contributed by atoms with Crippen molar-refractivity contribution in [1.29, 1.82) is 0 Å². The van der Waals surface area contributed by atoms with Crippen LogP contribution in [0.25, 0.3) is 0 Å². The molecule has 0 amide bonds. The first-order valence-electron chi connectivity index (χ1n) is 4.64. The number of hydrogen-bond acceptors (Lipinski definition) is 2. The second-order valence-electron chi connectivity index (χ2n) is 3.58. The van der Waals surface area contributed by atoms with Crippen LogP contribution < -0.4 is 0 Å². The van der Waals surface area contributed by atoms with E-state index in [2.05, 4.69) is 15.9 Å². The summed E-state index contributed by atoms with van der Waals surface area (Å²) >= 11 is 10.8. The second kappa shape index (κ2) is 5.87. The summed E-state index contributed by atoms with van der Waals surface area (Å²) in [5.74, 6) is -0.518. The lowest BCUT2D eigenvalue weighted by Crippen LogP contribution is -2.04. The van der Waals surface area contributed by atoms with Crippen molar-refractivity contribution in [3.63, 3.8) is 0 Å². The average molecular weight is 312 g/mol. The first kappa shape index (κ1) is 13.0. The molecule has 1 heterocycles. The minimum Gasteiger partial charge on any atom is -0.481 e. The number of carboxylic acid groups (broad SMARTS) is 1. The number of rotatable bonds is 5. The Labute approximate surface area is 106 Å². The number of aryl methyl sites for hydroxylation is 1. The number of carbonyl (C=O) groups is 1. The van der Waals surface area contributed by atoms with Gasteiger partial charge in [0.15, 0.2) is 0 Å². The SMILES string of the molecule is CC(CCc1cc(Br)c(Cl)s1)CC(=O)O. The molecule has 0 radical (unpaired) electrons. The van der Waals surface area contributed by atoms with Crippen molar-refractivity contribution in [2.75, 3.05) is 0 Å². The summed E-state index contributed by atoms with van der Waals surface area (Å²) in [6.07, 6.45) is 2.01. The molecule has 0 fully saturated rings. The Morgan fingerprint density at radius 2 is 2.40 bits per heavy atom. The molecule has 0 saturated carbocycles. The van der Waals surface area contributed by atoms with Crippen molar-refractivity contribution in [1.82, 2.24) is 0 Å². The number of hydrogen-bond donors (Lipinski definition) is 1. The fraction of sp³-hybridized carbons (Fsp3) is 0.500. The predicted octanol–water partition coefficient (Wildman–Crippen LogP) is 4.21. The maximum Gasteiger partial charge on any atom is 0.303 e. The van der Waals surface area contributed by atoms with Gasteiger partial charge in [-0.25, -0.2) is 0 Å². The first-order chi connectivity index (χ1) is 6.99. The van der Waals surface area contributed by atoms with Crippen LogP contribution in [0.3, 0.4) is 0 Å². The maximum absolute atomic E-state index is 10.5. The van der Waals surface area contributed by atoms with Gasteiger partial charge in [0, 0.05) is 15.8 Å². The first-order valence-corrected chi connectivity index (χ1v) is 6.63. The third kappa shape index (κ3) is 4.53. The van der Waals surface area contributed by atoms with Gasteiger partial charge in [0.1, 0.15) is 4.34 Å². The number of halogens is 2. The van der Waals surface area contributed by atoms with E-state index in [4.69, 9.17) is 16.7 Å². The zero-order chi connectivity index (χ0) is 11.4. The van der Waals surface area contributed by atoms with E-state index in [1.165, 1.54) is 4.88 Å². The minimum absolute atomic E-state index is 0.210. The van der Waals surface area contributed by atoms with E-state index in [1.54, 1.807) is 11.3 Å². The second-order valence-corrected chi connectivity index (χ2v) is 6.17. The molecular formula is C10H12BrClO2S. The molecule has 1 aromatic rings. The van der Waals surface area contributed by atoms with Gasteiger partial charge in [-0.3, -0.25) is 4.79 Å². The van der Waals surface area contributed by atoms with E-state index >= 15 is 0 Å². The summed E-state index contributed by atoms with van der Waals surface area (Å²) in [5, 5.41) is 8.60.